The fraction of sp³-hybridized carbons (Fsp3) is 0.308. The fourth-order valence-corrected chi connectivity index (χ4v) is 2.82. The number of carbonyl (C=O) groups excluding carboxylic acids is 1. The highest BCUT2D eigenvalue weighted by molar-refractivity contribution is 9.10. The van der Waals surface area contributed by atoms with E-state index in [2.05, 4.69) is 43.7 Å². The Morgan fingerprint density at radius 2 is 2.25 bits per heavy atom. The van der Waals surface area contributed by atoms with Crippen LogP contribution in [0.2, 0.25) is 0 Å². The van der Waals surface area contributed by atoms with Gasteiger partial charge in [-0.05, 0) is 24.6 Å². The molecule has 7 heteroatoms. The highest BCUT2D eigenvalue weighted by atomic mass is 79.9. The van der Waals surface area contributed by atoms with Crippen LogP contribution < -0.4 is 10.6 Å². The van der Waals surface area contributed by atoms with Crippen LogP contribution in [0, 0.1) is 0 Å². The Hall–Kier alpha value is -1.47. The van der Waals surface area contributed by atoms with E-state index in [4.69, 9.17) is 0 Å². The Morgan fingerprint density at radius 3 is 3.00 bits per heavy atom. The number of carbonyl (C=O) groups is 1. The molecule has 0 aliphatic rings. The molecule has 2 rings (SSSR count). The first-order valence-electron chi connectivity index (χ1n) is 6.29. The maximum Gasteiger partial charge on any atom is 0.245 e. The van der Waals surface area contributed by atoms with E-state index < -0.39 is 0 Å². The van der Waals surface area contributed by atoms with Crippen molar-refractivity contribution in [3.05, 3.63) is 33.7 Å². The number of halogens is 1. The van der Waals surface area contributed by atoms with Crippen molar-refractivity contribution in [3.8, 4) is 0 Å². The van der Waals surface area contributed by atoms with Gasteiger partial charge in [-0.25, -0.2) is 0 Å². The molecular weight excluding hydrogens is 340 g/mol. The van der Waals surface area contributed by atoms with Crippen molar-refractivity contribution in [2.75, 3.05) is 17.2 Å². The second kappa shape index (κ2) is 7.35. The van der Waals surface area contributed by atoms with Gasteiger partial charge in [-0.2, -0.15) is 0 Å². The van der Waals surface area contributed by atoms with Gasteiger partial charge in [0.05, 0.1) is 6.54 Å². The van der Waals surface area contributed by atoms with E-state index in [9.17, 15) is 4.79 Å². The van der Waals surface area contributed by atoms with E-state index >= 15 is 0 Å². The summed E-state index contributed by atoms with van der Waals surface area (Å²) < 4.78 is 0.969. The third-order valence-corrected chi connectivity index (χ3v) is 3.85. The Morgan fingerprint density at radius 1 is 1.40 bits per heavy atom. The van der Waals surface area contributed by atoms with Gasteiger partial charge in [0.15, 0.2) is 0 Å². The van der Waals surface area contributed by atoms with E-state index in [0.29, 0.717) is 5.13 Å². The minimum Gasteiger partial charge on any atom is -0.376 e. The lowest BCUT2D eigenvalue weighted by atomic mass is 10.3. The Balaban J connectivity index is 1.82. The first-order valence-corrected chi connectivity index (χ1v) is 7.90. The third kappa shape index (κ3) is 4.57. The van der Waals surface area contributed by atoms with Gasteiger partial charge in [0, 0.05) is 16.6 Å². The van der Waals surface area contributed by atoms with Crippen molar-refractivity contribution in [2.24, 2.45) is 0 Å². The van der Waals surface area contributed by atoms with Crippen LogP contribution in [0.1, 0.15) is 18.4 Å². The number of nitrogens with zero attached hydrogens (tertiary/aromatic N) is 2. The molecule has 2 aromatic rings. The van der Waals surface area contributed by atoms with Gasteiger partial charge in [-0.15, -0.1) is 10.2 Å². The van der Waals surface area contributed by atoms with Crippen LogP contribution in [-0.2, 0) is 11.2 Å². The summed E-state index contributed by atoms with van der Waals surface area (Å²) in [6.45, 7) is 2.28. The molecule has 0 saturated carbocycles. The zero-order valence-electron chi connectivity index (χ0n) is 11.0. The lowest BCUT2D eigenvalue weighted by Crippen LogP contribution is -2.21. The lowest BCUT2D eigenvalue weighted by Gasteiger charge is -2.05. The summed E-state index contributed by atoms with van der Waals surface area (Å²) in [5.74, 6) is -0.135. The number of hydrogen-bond acceptors (Lipinski definition) is 5. The van der Waals surface area contributed by atoms with Crippen molar-refractivity contribution in [2.45, 2.75) is 19.8 Å². The Labute approximate surface area is 129 Å². The first kappa shape index (κ1) is 14.9. The van der Waals surface area contributed by atoms with Crippen molar-refractivity contribution >= 4 is 44.0 Å². The monoisotopic (exact) mass is 354 g/mol. The minimum atomic E-state index is -0.135. The molecule has 1 heterocycles. The molecule has 20 heavy (non-hydrogen) atoms. The van der Waals surface area contributed by atoms with E-state index in [0.717, 1.165) is 28.0 Å². The topological polar surface area (TPSA) is 66.9 Å². The fourth-order valence-electron chi connectivity index (χ4n) is 1.56. The normalized spacial score (nSPS) is 10.3. The van der Waals surface area contributed by atoms with Gasteiger partial charge in [-0.1, -0.05) is 40.3 Å². The van der Waals surface area contributed by atoms with Crippen LogP contribution in [0.15, 0.2) is 28.7 Å². The summed E-state index contributed by atoms with van der Waals surface area (Å²) in [4.78, 5) is 11.8. The van der Waals surface area contributed by atoms with Gasteiger partial charge in [-0.3, -0.25) is 10.1 Å². The van der Waals surface area contributed by atoms with Gasteiger partial charge in [0.25, 0.3) is 0 Å². The molecule has 0 atom stereocenters. The van der Waals surface area contributed by atoms with Crippen LogP contribution in [0.5, 0.6) is 0 Å². The number of aromatic nitrogens is 2. The maximum absolute atomic E-state index is 11.8. The van der Waals surface area contributed by atoms with Crippen LogP contribution in [0.3, 0.4) is 0 Å². The zero-order chi connectivity index (χ0) is 14.4. The standard InChI is InChI=1S/C13H15BrN4OS/c1-2-4-12-17-18-13(20-12)16-11(19)8-15-10-6-3-5-9(14)7-10/h3,5-7,15H,2,4,8H2,1H3,(H,16,18,19). The summed E-state index contributed by atoms with van der Waals surface area (Å²) in [5.41, 5.74) is 0.887. The number of nitrogens with one attached hydrogen (secondary N) is 2. The molecule has 0 aliphatic heterocycles. The molecule has 0 aliphatic carbocycles. The number of anilines is 2. The van der Waals surface area contributed by atoms with Gasteiger partial charge in [0.2, 0.25) is 11.0 Å². The molecular formula is C13H15BrN4OS. The molecule has 2 N–H and O–H groups in total. The highest BCUT2D eigenvalue weighted by Crippen LogP contribution is 2.17. The van der Waals surface area contributed by atoms with Gasteiger partial charge < -0.3 is 5.32 Å². The molecule has 0 saturated heterocycles. The second-order valence-corrected chi connectivity index (χ2v) is 6.14. The number of aryl methyl sites for hydroxylation is 1. The number of rotatable bonds is 6. The Kier molecular flexibility index (Phi) is 5.49. The molecule has 0 fully saturated rings. The zero-order valence-corrected chi connectivity index (χ0v) is 13.4. The number of amides is 1. The van der Waals surface area contributed by atoms with E-state index in [1.54, 1.807) is 0 Å². The van der Waals surface area contributed by atoms with Crippen molar-refractivity contribution < 1.29 is 4.79 Å². The number of hydrogen-bond donors (Lipinski definition) is 2. The maximum atomic E-state index is 11.8. The average molecular weight is 355 g/mol. The highest BCUT2D eigenvalue weighted by Gasteiger charge is 2.07. The molecule has 5 nitrogen and oxygen atoms in total. The predicted molar refractivity (Wildman–Crippen MR) is 85.2 cm³/mol. The minimum absolute atomic E-state index is 0.135. The first-order chi connectivity index (χ1) is 9.67. The summed E-state index contributed by atoms with van der Waals surface area (Å²) in [6.07, 6.45) is 1.91. The quantitative estimate of drug-likeness (QED) is 0.834. The molecule has 106 valence electrons. The largest absolute Gasteiger partial charge is 0.376 e. The molecule has 1 aromatic carbocycles. The molecule has 0 unspecified atom stereocenters. The van der Waals surface area contributed by atoms with E-state index in [1.165, 1.54) is 11.3 Å². The lowest BCUT2D eigenvalue weighted by molar-refractivity contribution is -0.114. The Bertz CT molecular complexity index is 587. The molecule has 0 bridgehead atoms. The summed E-state index contributed by atoms with van der Waals surface area (Å²) in [7, 11) is 0. The van der Waals surface area contributed by atoms with Crippen LogP contribution in [0.4, 0.5) is 10.8 Å². The molecule has 1 amide bonds. The van der Waals surface area contributed by atoms with Crippen LogP contribution in [0.25, 0.3) is 0 Å². The van der Waals surface area contributed by atoms with Gasteiger partial charge >= 0.3 is 0 Å². The van der Waals surface area contributed by atoms with Crippen LogP contribution >= 0.6 is 27.3 Å². The summed E-state index contributed by atoms with van der Waals surface area (Å²) in [5, 5.41) is 15.2. The van der Waals surface area contributed by atoms with Gasteiger partial charge in [0.1, 0.15) is 5.01 Å². The molecule has 0 radical (unpaired) electrons. The van der Waals surface area contributed by atoms with Crippen LogP contribution in [-0.4, -0.2) is 22.6 Å². The SMILES string of the molecule is CCCc1nnc(NC(=O)CNc2cccc(Br)c2)s1. The van der Waals surface area contributed by atoms with Crippen molar-refractivity contribution in [1.82, 2.24) is 10.2 Å². The van der Waals surface area contributed by atoms with Crippen molar-refractivity contribution in [1.29, 1.82) is 0 Å². The molecule has 1 aromatic heterocycles. The second-order valence-electron chi connectivity index (χ2n) is 4.16. The number of benzene rings is 1. The summed E-state index contributed by atoms with van der Waals surface area (Å²) in [6, 6.07) is 7.66. The third-order valence-electron chi connectivity index (χ3n) is 2.45. The molecule has 0 spiro atoms. The predicted octanol–water partition coefficient (Wildman–Crippen LogP) is 3.30. The van der Waals surface area contributed by atoms with E-state index in [1.807, 2.05) is 24.3 Å². The smallest absolute Gasteiger partial charge is 0.245 e. The van der Waals surface area contributed by atoms with E-state index in [-0.39, 0.29) is 12.5 Å². The summed E-state index contributed by atoms with van der Waals surface area (Å²) >= 11 is 4.80. The average Bonchev–Trinajstić information content (AvgIpc) is 2.84. The van der Waals surface area contributed by atoms with Crippen molar-refractivity contribution in [3.63, 3.8) is 0 Å².